The molecule has 0 atom stereocenters. The van der Waals surface area contributed by atoms with Crippen molar-refractivity contribution in [3.63, 3.8) is 0 Å². The van der Waals surface area contributed by atoms with Gasteiger partial charge in [-0.2, -0.15) is 0 Å². The van der Waals surface area contributed by atoms with Crippen molar-refractivity contribution in [3.8, 4) is 0 Å². The Labute approximate surface area is 202 Å². The normalized spacial score (nSPS) is 10.6. The third-order valence-electron chi connectivity index (χ3n) is 5.94. The summed E-state index contributed by atoms with van der Waals surface area (Å²) in [7, 11) is 0. The van der Waals surface area contributed by atoms with Crippen LogP contribution in [0.5, 0.6) is 0 Å². The molecule has 0 unspecified atom stereocenters. The monoisotopic (exact) mass is 440 g/mol. The van der Waals surface area contributed by atoms with Gasteiger partial charge in [0.15, 0.2) is 0 Å². The fourth-order valence-electron chi connectivity index (χ4n) is 4.34. The molecule has 0 fully saturated rings. The molecule has 34 heavy (non-hydrogen) atoms. The van der Waals surface area contributed by atoms with E-state index >= 15 is 0 Å². The Morgan fingerprint density at radius 3 is 1.56 bits per heavy atom. The maximum atomic E-state index is 2.41. The molecule has 5 aromatic rings. The van der Waals surface area contributed by atoms with Crippen molar-refractivity contribution < 1.29 is 0 Å². The van der Waals surface area contributed by atoms with Crippen LogP contribution in [0.2, 0.25) is 0 Å². The van der Waals surface area contributed by atoms with Crippen molar-refractivity contribution in [2.75, 3.05) is 9.80 Å². The van der Waals surface area contributed by atoms with Crippen LogP contribution in [0.15, 0.2) is 140 Å². The molecule has 5 rings (SSSR count). The minimum Gasteiger partial charge on any atom is -0.335 e. The molecule has 166 valence electrons. The Hall–Kier alpha value is -4.30. The number of hydrogen-bond acceptors (Lipinski definition) is 2. The molecule has 0 radical (unpaired) electrons. The van der Waals surface area contributed by atoms with Gasteiger partial charge in [0.2, 0.25) is 0 Å². The Morgan fingerprint density at radius 2 is 0.971 bits per heavy atom. The van der Waals surface area contributed by atoms with Crippen LogP contribution >= 0.6 is 0 Å². The molecular formula is C32H28N2. The van der Waals surface area contributed by atoms with Crippen LogP contribution in [0.1, 0.15) is 11.1 Å². The lowest BCUT2D eigenvalue weighted by molar-refractivity contribution is 0.971. The molecule has 0 saturated heterocycles. The molecule has 0 aliphatic heterocycles. The number of nitrogens with zero attached hydrogens (tertiary/aromatic N) is 2. The summed E-state index contributed by atoms with van der Waals surface area (Å²) >= 11 is 0. The Kier molecular flexibility index (Phi) is 6.40. The highest BCUT2D eigenvalue weighted by atomic mass is 15.2. The average Bonchev–Trinajstić information content (AvgIpc) is 2.90. The van der Waals surface area contributed by atoms with E-state index in [4.69, 9.17) is 0 Å². The molecule has 0 aliphatic carbocycles. The van der Waals surface area contributed by atoms with E-state index in [9.17, 15) is 0 Å². The van der Waals surface area contributed by atoms with Gasteiger partial charge in [-0.05, 0) is 66.6 Å². The molecule has 0 N–H and O–H groups in total. The first-order valence-corrected chi connectivity index (χ1v) is 11.7. The molecule has 0 amide bonds. The minimum absolute atomic E-state index is 0.777. The summed E-state index contributed by atoms with van der Waals surface area (Å²) in [5.41, 5.74) is 8.25. The van der Waals surface area contributed by atoms with Crippen molar-refractivity contribution in [2.24, 2.45) is 0 Å². The van der Waals surface area contributed by atoms with E-state index in [2.05, 4.69) is 156 Å². The van der Waals surface area contributed by atoms with Crippen LogP contribution in [0, 0.1) is 6.92 Å². The predicted molar refractivity (Wildman–Crippen MR) is 145 cm³/mol. The summed E-state index contributed by atoms with van der Waals surface area (Å²) in [4.78, 5) is 4.75. The maximum absolute atomic E-state index is 2.41. The third kappa shape index (κ3) is 4.72. The molecule has 0 bridgehead atoms. The summed E-state index contributed by atoms with van der Waals surface area (Å²) in [5.74, 6) is 0. The first kappa shape index (κ1) is 21.5. The molecule has 0 saturated carbocycles. The minimum atomic E-state index is 0.777. The van der Waals surface area contributed by atoms with Gasteiger partial charge in [-0.15, -0.1) is 0 Å². The second kappa shape index (κ2) is 10.1. The van der Waals surface area contributed by atoms with E-state index in [1.165, 1.54) is 16.8 Å². The first-order valence-electron chi connectivity index (χ1n) is 11.7. The van der Waals surface area contributed by atoms with Crippen molar-refractivity contribution in [1.82, 2.24) is 0 Å². The standard InChI is InChI=1S/C32H28N2/c1-26-14-13-21-30(24-26)33(25-27-15-5-2-6-16-27)31-22-11-12-23-32(31)34(28-17-7-3-8-18-28)29-19-9-4-10-20-29/h2-24H,25H2,1H3. The quantitative estimate of drug-likeness (QED) is 0.249. The summed E-state index contributed by atoms with van der Waals surface area (Å²) in [6.07, 6.45) is 0. The van der Waals surface area contributed by atoms with Crippen LogP contribution in [0.25, 0.3) is 0 Å². The summed E-state index contributed by atoms with van der Waals surface area (Å²) in [6, 6.07) is 49.2. The SMILES string of the molecule is Cc1cccc(N(Cc2ccccc2)c2ccccc2N(c2ccccc2)c2ccccc2)c1. The largest absolute Gasteiger partial charge is 0.335 e. The smallest absolute Gasteiger partial charge is 0.0698 e. The molecular weight excluding hydrogens is 412 g/mol. The van der Waals surface area contributed by atoms with Crippen LogP contribution in [0.4, 0.5) is 28.4 Å². The van der Waals surface area contributed by atoms with Crippen molar-refractivity contribution >= 4 is 28.4 Å². The molecule has 2 heteroatoms. The highest BCUT2D eigenvalue weighted by Gasteiger charge is 2.20. The van der Waals surface area contributed by atoms with Gasteiger partial charge in [0.1, 0.15) is 0 Å². The number of para-hydroxylation sites is 4. The van der Waals surface area contributed by atoms with E-state index in [0.717, 1.165) is 29.3 Å². The highest BCUT2D eigenvalue weighted by molar-refractivity contribution is 5.87. The van der Waals surface area contributed by atoms with Gasteiger partial charge >= 0.3 is 0 Å². The second-order valence-corrected chi connectivity index (χ2v) is 8.41. The van der Waals surface area contributed by atoms with Crippen molar-refractivity contribution in [3.05, 3.63) is 151 Å². The van der Waals surface area contributed by atoms with Gasteiger partial charge in [-0.1, -0.05) is 91.0 Å². The summed E-state index contributed by atoms with van der Waals surface area (Å²) in [5, 5.41) is 0. The molecule has 0 aliphatic rings. The van der Waals surface area contributed by atoms with Crippen LogP contribution in [0.3, 0.4) is 0 Å². The fourth-order valence-corrected chi connectivity index (χ4v) is 4.34. The zero-order valence-corrected chi connectivity index (χ0v) is 19.4. The maximum Gasteiger partial charge on any atom is 0.0698 e. The number of rotatable bonds is 7. The lowest BCUT2D eigenvalue weighted by atomic mass is 10.1. The van der Waals surface area contributed by atoms with Crippen molar-refractivity contribution in [2.45, 2.75) is 13.5 Å². The number of aryl methyl sites for hydroxylation is 1. The van der Waals surface area contributed by atoms with Gasteiger partial charge in [0.05, 0.1) is 11.4 Å². The van der Waals surface area contributed by atoms with Crippen LogP contribution in [-0.2, 0) is 6.54 Å². The van der Waals surface area contributed by atoms with E-state index in [1.54, 1.807) is 0 Å². The topological polar surface area (TPSA) is 6.48 Å². The van der Waals surface area contributed by atoms with Crippen LogP contribution in [-0.4, -0.2) is 0 Å². The lowest BCUT2D eigenvalue weighted by Gasteiger charge is -2.33. The van der Waals surface area contributed by atoms with E-state index in [0.29, 0.717) is 0 Å². The van der Waals surface area contributed by atoms with E-state index in [-0.39, 0.29) is 0 Å². The Bertz CT molecular complexity index is 1290. The molecule has 2 nitrogen and oxygen atoms in total. The summed E-state index contributed by atoms with van der Waals surface area (Å²) < 4.78 is 0. The highest BCUT2D eigenvalue weighted by Crippen LogP contribution is 2.42. The van der Waals surface area contributed by atoms with E-state index < -0.39 is 0 Å². The van der Waals surface area contributed by atoms with Gasteiger partial charge in [-0.3, -0.25) is 0 Å². The average molecular weight is 441 g/mol. The predicted octanol–water partition coefficient (Wildman–Crippen LogP) is 8.80. The van der Waals surface area contributed by atoms with Gasteiger partial charge in [-0.25, -0.2) is 0 Å². The van der Waals surface area contributed by atoms with Gasteiger partial charge in [0, 0.05) is 23.6 Å². The lowest BCUT2D eigenvalue weighted by Crippen LogP contribution is -2.20. The van der Waals surface area contributed by atoms with Crippen molar-refractivity contribution in [1.29, 1.82) is 0 Å². The zero-order chi connectivity index (χ0) is 23.2. The molecule has 0 aromatic heterocycles. The molecule has 0 heterocycles. The fraction of sp³-hybridized carbons (Fsp3) is 0.0625. The molecule has 5 aromatic carbocycles. The first-order chi connectivity index (χ1) is 16.8. The second-order valence-electron chi connectivity index (χ2n) is 8.41. The zero-order valence-electron chi connectivity index (χ0n) is 19.4. The van der Waals surface area contributed by atoms with Gasteiger partial charge < -0.3 is 9.80 Å². The van der Waals surface area contributed by atoms with Gasteiger partial charge in [0.25, 0.3) is 0 Å². The number of anilines is 5. The van der Waals surface area contributed by atoms with E-state index in [1.807, 2.05) is 0 Å². The third-order valence-corrected chi connectivity index (χ3v) is 5.94. The Balaban J connectivity index is 1.69. The Morgan fingerprint density at radius 1 is 0.471 bits per heavy atom. The van der Waals surface area contributed by atoms with Crippen LogP contribution < -0.4 is 9.80 Å². The molecule has 0 spiro atoms. The number of benzene rings is 5. The number of hydrogen-bond donors (Lipinski definition) is 0. The summed E-state index contributed by atoms with van der Waals surface area (Å²) in [6.45, 7) is 2.93.